The van der Waals surface area contributed by atoms with Crippen molar-refractivity contribution in [2.75, 3.05) is 0 Å². The Morgan fingerprint density at radius 1 is 1.42 bits per heavy atom. The molecule has 3 aromatic rings. The highest BCUT2D eigenvalue weighted by Crippen LogP contribution is 2.27. The van der Waals surface area contributed by atoms with Gasteiger partial charge in [0.15, 0.2) is 5.82 Å². The number of hydrogen-bond donors (Lipinski definition) is 2. The standard InChI is InChI=1S/C12H10BrFN4S/c1-5(15)12-18-10(4-19-12)11-16-8-2-6(13)7(14)3-9(8)17-11/h2-5H,15H2,1H3,(H,16,17). The predicted octanol–water partition coefficient (Wildman–Crippen LogP) is 3.61. The molecule has 0 amide bonds. The molecule has 3 N–H and O–H groups in total. The summed E-state index contributed by atoms with van der Waals surface area (Å²) in [5.74, 6) is 0.299. The third-order valence-electron chi connectivity index (χ3n) is 2.68. The largest absolute Gasteiger partial charge is 0.337 e. The number of aromatic amines is 1. The Balaban J connectivity index is 2.09. The maximum Gasteiger partial charge on any atom is 0.158 e. The van der Waals surface area contributed by atoms with Crippen LogP contribution < -0.4 is 5.73 Å². The Kier molecular flexibility index (Phi) is 3.12. The van der Waals surface area contributed by atoms with Crippen molar-refractivity contribution in [2.45, 2.75) is 13.0 Å². The van der Waals surface area contributed by atoms with Crippen LogP contribution in [0.1, 0.15) is 18.0 Å². The van der Waals surface area contributed by atoms with Gasteiger partial charge in [-0.15, -0.1) is 11.3 Å². The lowest BCUT2D eigenvalue weighted by Crippen LogP contribution is -2.03. The van der Waals surface area contributed by atoms with Crippen LogP contribution >= 0.6 is 27.3 Å². The summed E-state index contributed by atoms with van der Waals surface area (Å²) in [6.07, 6.45) is 0. The maximum absolute atomic E-state index is 13.4. The molecule has 0 fully saturated rings. The summed E-state index contributed by atoms with van der Waals surface area (Å²) in [5.41, 5.74) is 7.85. The zero-order valence-electron chi connectivity index (χ0n) is 9.95. The van der Waals surface area contributed by atoms with E-state index in [0.29, 0.717) is 21.3 Å². The first-order valence-electron chi connectivity index (χ1n) is 5.60. The van der Waals surface area contributed by atoms with E-state index in [1.54, 1.807) is 6.07 Å². The van der Waals surface area contributed by atoms with E-state index in [1.165, 1.54) is 17.4 Å². The van der Waals surface area contributed by atoms with Gasteiger partial charge in [0.05, 0.1) is 21.5 Å². The van der Waals surface area contributed by atoms with Gasteiger partial charge in [-0.2, -0.15) is 0 Å². The molecule has 1 unspecified atom stereocenters. The summed E-state index contributed by atoms with van der Waals surface area (Å²) in [6, 6.07) is 2.95. The number of nitrogens with two attached hydrogens (primary N) is 1. The number of aromatic nitrogens is 3. The minimum Gasteiger partial charge on any atom is -0.337 e. The summed E-state index contributed by atoms with van der Waals surface area (Å²) >= 11 is 4.64. The highest BCUT2D eigenvalue weighted by Gasteiger charge is 2.12. The number of thiazole rings is 1. The number of nitrogens with zero attached hydrogens (tertiary/aromatic N) is 2. The maximum atomic E-state index is 13.4. The Hall–Kier alpha value is -1.31. The van der Waals surface area contributed by atoms with Gasteiger partial charge < -0.3 is 10.7 Å². The molecule has 0 spiro atoms. The van der Waals surface area contributed by atoms with Crippen LogP contribution in [-0.4, -0.2) is 15.0 Å². The zero-order valence-corrected chi connectivity index (χ0v) is 12.3. The Labute approximate surface area is 121 Å². The molecule has 2 heterocycles. The fraction of sp³-hybridized carbons (Fsp3) is 0.167. The van der Waals surface area contributed by atoms with Crippen molar-refractivity contribution in [2.24, 2.45) is 5.73 Å². The molecule has 0 aliphatic heterocycles. The molecule has 19 heavy (non-hydrogen) atoms. The molecule has 0 radical (unpaired) electrons. The lowest BCUT2D eigenvalue weighted by Gasteiger charge is -1.96. The molecule has 0 aliphatic carbocycles. The summed E-state index contributed by atoms with van der Waals surface area (Å²) < 4.78 is 13.8. The molecular weight excluding hydrogens is 331 g/mol. The minimum absolute atomic E-state index is 0.102. The molecule has 4 nitrogen and oxygen atoms in total. The third-order valence-corrected chi connectivity index (χ3v) is 4.33. The van der Waals surface area contributed by atoms with Gasteiger partial charge in [0, 0.05) is 11.4 Å². The number of H-pyrrole nitrogens is 1. The second-order valence-electron chi connectivity index (χ2n) is 4.23. The van der Waals surface area contributed by atoms with Crippen molar-refractivity contribution < 1.29 is 4.39 Å². The molecule has 98 valence electrons. The van der Waals surface area contributed by atoms with Gasteiger partial charge in [0.1, 0.15) is 16.5 Å². The molecule has 3 rings (SSSR count). The molecule has 0 bridgehead atoms. The zero-order chi connectivity index (χ0) is 13.6. The van der Waals surface area contributed by atoms with Crippen LogP contribution in [0.5, 0.6) is 0 Å². The highest BCUT2D eigenvalue weighted by molar-refractivity contribution is 9.10. The molecule has 7 heteroatoms. The summed E-state index contributed by atoms with van der Waals surface area (Å²) in [4.78, 5) is 11.9. The normalized spacial score (nSPS) is 13.1. The van der Waals surface area contributed by atoms with Crippen molar-refractivity contribution in [3.05, 3.63) is 32.8 Å². The number of halogens is 2. The van der Waals surface area contributed by atoms with Gasteiger partial charge in [-0.25, -0.2) is 14.4 Å². The summed E-state index contributed by atoms with van der Waals surface area (Å²) in [7, 11) is 0. The van der Waals surface area contributed by atoms with Crippen LogP contribution in [0.15, 0.2) is 22.0 Å². The van der Waals surface area contributed by atoms with Crippen LogP contribution in [0, 0.1) is 5.82 Å². The first-order chi connectivity index (χ1) is 9.04. The van der Waals surface area contributed by atoms with Gasteiger partial charge in [0.25, 0.3) is 0 Å². The third kappa shape index (κ3) is 2.29. The first-order valence-corrected chi connectivity index (χ1v) is 7.28. The molecule has 2 aromatic heterocycles. The number of hydrogen-bond acceptors (Lipinski definition) is 4. The molecular formula is C12H10BrFN4S. The fourth-order valence-electron chi connectivity index (χ4n) is 1.73. The van der Waals surface area contributed by atoms with Crippen LogP contribution in [0.2, 0.25) is 0 Å². The molecule has 1 aromatic carbocycles. The summed E-state index contributed by atoms with van der Waals surface area (Å²) in [5, 5.41) is 2.74. The average Bonchev–Trinajstić information content (AvgIpc) is 2.95. The minimum atomic E-state index is -0.322. The van der Waals surface area contributed by atoms with E-state index < -0.39 is 0 Å². The number of imidazole rings is 1. The van der Waals surface area contributed by atoms with Crippen LogP contribution in [0.4, 0.5) is 4.39 Å². The average molecular weight is 341 g/mol. The summed E-state index contributed by atoms with van der Waals surface area (Å²) in [6.45, 7) is 1.88. The van der Waals surface area contributed by atoms with Crippen molar-refractivity contribution >= 4 is 38.3 Å². The van der Waals surface area contributed by atoms with Gasteiger partial charge in [-0.1, -0.05) is 0 Å². The van der Waals surface area contributed by atoms with Crippen molar-refractivity contribution in [3.63, 3.8) is 0 Å². The monoisotopic (exact) mass is 340 g/mol. The predicted molar refractivity (Wildman–Crippen MR) is 77.5 cm³/mol. The first kappa shape index (κ1) is 12.7. The van der Waals surface area contributed by atoms with Crippen LogP contribution in [-0.2, 0) is 0 Å². The number of nitrogens with one attached hydrogen (secondary N) is 1. The molecule has 0 saturated heterocycles. The fourth-order valence-corrected chi connectivity index (χ4v) is 2.83. The van der Waals surface area contributed by atoms with Gasteiger partial charge >= 0.3 is 0 Å². The Bertz CT molecular complexity index is 710. The van der Waals surface area contributed by atoms with E-state index in [-0.39, 0.29) is 11.9 Å². The van der Waals surface area contributed by atoms with Crippen molar-refractivity contribution in [1.82, 2.24) is 15.0 Å². The highest BCUT2D eigenvalue weighted by atomic mass is 79.9. The molecule has 1 atom stereocenters. The lowest BCUT2D eigenvalue weighted by atomic mass is 10.3. The number of fused-ring (bicyclic) bond motifs is 1. The SMILES string of the molecule is CC(N)c1nc(-c2nc3cc(Br)c(F)cc3[nH]2)cs1. The van der Waals surface area contributed by atoms with E-state index >= 15 is 0 Å². The lowest BCUT2D eigenvalue weighted by molar-refractivity contribution is 0.623. The van der Waals surface area contributed by atoms with E-state index in [4.69, 9.17) is 5.73 Å². The van der Waals surface area contributed by atoms with E-state index in [0.717, 1.165) is 10.7 Å². The van der Waals surface area contributed by atoms with Gasteiger partial charge in [-0.3, -0.25) is 0 Å². The van der Waals surface area contributed by atoms with Gasteiger partial charge in [0.2, 0.25) is 0 Å². The van der Waals surface area contributed by atoms with E-state index in [2.05, 4.69) is 30.9 Å². The molecule has 0 aliphatic rings. The van der Waals surface area contributed by atoms with Gasteiger partial charge in [-0.05, 0) is 28.9 Å². The van der Waals surface area contributed by atoms with Crippen LogP contribution in [0.25, 0.3) is 22.6 Å². The van der Waals surface area contributed by atoms with E-state index in [1.807, 2.05) is 12.3 Å². The second kappa shape index (κ2) is 4.66. The Morgan fingerprint density at radius 3 is 2.89 bits per heavy atom. The Morgan fingerprint density at radius 2 is 2.21 bits per heavy atom. The number of benzene rings is 1. The molecule has 0 saturated carbocycles. The smallest absolute Gasteiger partial charge is 0.158 e. The topological polar surface area (TPSA) is 67.6 Å². The second-order valence-corrected chi connectivity index (χ2v) is 5.97. The van der Waals surface area contributed by atoms with Crippen LogP contribution in [0.3, 0.4) is 0 Å². The quantitative estimate of drug-likeness (QED) is 0.748. The van der Waals surface area contributed by atoms with E-state index in [9.17, 15) is 4.39 Å². The van der Waals surface area contributed by atoms with Crippen molar-refractivity contribution in [1.29, 1.82) is 0 Å². The number of rotatable bonds is 2. The van der Waals surface area contributed by atoms with Crippen molar-refractivity contribution in [3.8, 4) is 11.5 Å².